The van der Waals surface area contributed by atoms with Crippen LogP contribution in [0.25, 0.3) is 0 Å². The fourth-order valence-corrected chi connectivity index (χ4v) is 2.59. The number of rotatable bonds is 3. The number of hydrogen-bond donors (Lipinski definition) is 1. The largest absolute Gasteiger partial charge is 0.324 e. The molecular weight excluding hydrogens is 237 g/mol. The molecule has 0 aliphatic rings. The van der Waals surface area contributed by atoms with E-state index < -0.39 is 0 Å². The Balaban J connectivity index is 2.25. The van der Waals surface area contributed by atoms with E-state index in [4.69, 9.17) is 5.73 Å². The van der Waals surface area contributed by atoms with Crippen molar-refractivity contribution >= 4 is 0 Å². The molecule has 0 bridgehead atoms. The molecule has 2 aromatic carbocycles. The summed E-state index contributed by atoms with van der Waals surface area (Å²) in [6.45, 7) is 5.90. The molecule has 1 unspecified atom stereocenters. The molecule has 0 aliphatic carbocycles. The van der Waals surface area contributed by atoms with Crippen molar-refractivity contribution in [3.05, 3.63) is 70.0 Å². The van der Waals surface area contributed by atoms with E-state index in [9.17, 15) is 4.39 Å². The Labute approximate surface area is 114 Å². The van der Waals surface area contributed by atoms with Gasteiger partial charge in [-0.25, -0.2) is 4.39 Å². The summed E-state index contributed by atoms with van der Waals surface area (Å²) >= 11 is 0. The Hall–Kier alpha value is -1.67. The second kappa shape index (κ2) is 5.54. The molecular formula is C17H20FN. The molecule has 2 rings (SSSR count). The number of halogens is 1. The Kier molecular flexibility index (Phi) is 4.01. The van der Waals surface area contributed by atoms with Crippen molar-refractivity contribution in [2.24, 2.45) is 5.73 Å². The highest BCUT2D eigenvalue weighted by Crippen LogP contribution is 2.24. The molecule has 0 amide bonds. The summed E-state index contributed by atoms with van der Waals surface area (Å²) < 4.78 is 13.3. The van der Waals surface area contributed by atoms with Gasteiger partial charge < -0.3 is 5.73 Å². The highest BCUT2D eigenvalue weighted by atomic mass is 19.1. The maximum Gasteiger partial charge on any atom is 0.123 e. The summed E-state index contributed by atoms with van der Waals surface area (Å²) in [5.74, 6) is -0.193. The van der Waals surface area contributed by atoms with E-state index in [0.717, 1.165) is 23.1 Å². The van der Waals surface area contributed by atoms with E-state index in [1.165, 1.54) is 11.1 Å². The second-order valence-corrected chi connectivity index (χ2v) is 5.25. The van der Waals surface area contributed by atoms with Crippen LogP contribution in [0.1, 0.15) is 33.9 Å². The molecule has 0 saturated carbocycles. The van der Waals surface area contributed by atoms with Crippen LogP contribution in [-0.4, -0.2) is 0 Å². The lowest BCUT2D eigenvalue weighted by Gasteiger charge is -2.18. The molecule has 0 aliphatic heterocycles. The van der Waals surface area contributed by atoms with Gasteiger partial charge >= 0.3 is 0 Å². The van der Waals surface area contributed by atoms with Gasteiger partial charge in [0, 0.05) is 6.04 Å². The average Bonchev–Trinajstić information content (AvgIpc) is 2.30. The van der Waals surface area contributed by atoms with Gasteiger partial charge in [0.15, 0.2) is 0 Å². The fourth-order valence-electron chi connectivity index (χ4n) is 2.59. The molecule has 1 nitrogen and oxygen atoms in total. The third-order valence-corrected chi connectivity index (χ3v) is 3.51. The summed E-state index contributed by atoms with van der Waals surface area (Å²) in [4.78, 5) is 0. The lowest BCUT2D eigenvalue weighted by molar-refractivity contribution is 0.620. The van der Waals surface area contributed by atoms with E-state index in [-0.39, 0.29) is 11.9 Å². The van der Waals surface area contributed by atoms with Crippen molar-refractivity contribution in [2.45, 2.75) is 33.2 Å². The maximum atomic E-state index is 13.3. The molecule has 2 heteroatoms. The molecule has 0 heterocycles. The van der Waals surface area contributed by atoms with Crippen LogP contribution in [0.15, 0.2) is 36.4 Å². The van der Waals surface area contributed by atoms with Crippen LogP contribution in [0.4, 0.5) is 4.39 Å². The van der Waals surface area contributed by atoms with Crippen LogP contribution in [0, 0.1) is 26.6 Å². The fraction of sp³-hybridized carbons (Fsp3) is 0.294. The first kappa shape index (κ1) is 13.8. The van der Waals surface area contributed by atoms with Gasteiger partial charge in [0.05, 0.1) is 0 Å². The molecule has 2 aromatic rings. The third kappa shape index (κ3) is 3.21. The minimum atomic E-state index is -0.193. The van der Waals surface area contributed by atoms with E-state index in [0.29, 0.717) is 0 Å². The molecule has 2 N–H and O–H groups in total. The zero-order valence-corrected chi connectivity index (χ0v) is 11.7. The molecule has 100 valence electrons. The molecule has 0 aromatic heterocycles. The van der Waals surface area contributed by atoms with Gasteiger partial charge in [0.2, 0.25) is 0 Å². The molecule has 1 atom stereocenters. The summed E-state index contributed by atoms with van der Waals surface area (Å²) in [6.07, 6.45) is 0.771. The quantitative estimate of drug-likeness (QED) is 0.884. The molecule has 19 heavy (non-hydrogen) atoms. The van der Waals surface area contributed by atoms with Gasteiger partial charge in [0.25, 0.3) is 0 Å². The van der Waals surface area contributed by atoms with Gasteiger partial charge in [-0.1, -0.05) is 29.8 Å². The zero-order chi connectivity index (χ0) is 14.0. The molecule has 0 saturated heterocycles. The van der Waals surface area contributed by atoms with Crippen molar-refractivity contribution in [1.82, 2.24) is 0 Å². The SMILES string of the molecule is Cc1ccc(CC(N)c2c(C)cc(F)cc2C)cc1. The predicted molar refractivity (Wildman–Crippen MR) is 77.7 cm³/mol. The number of benzene rings is 2. The monoisotopic (exact) mass is 257 g/mol. The maximum absolute atomic E-state index is 13.3. The first-order valence-electron chi connectivity index (χ1n) is 6.55. The average molecular weight is 257 g/mol. The van der Waals surface area contributed by atoms with Crippen LogP contribution in [0.5, 0.6) is 0 Å². The zero-order valence-electron chi connectivity index (χ0n) is 11.7. The third-order valence-electron chi connectivity index (χ3n) is 3.51. The van der Waals surface area contributed by atoms with Crippen LogP contribution in [-0.2, 0) is 6.42 Å². The first-order valence-corrected chi connectivity index (χ1v) is 6.55. The van der Waals surface area contributed by atoms with Gasteiger partial charge in [-0.05, 0) is 61.6 Å². The van der Waals surface area contributed by atoms with Gasteiger partial charge in [-0.2, -0.15) is 0 Å². The minimum Gasteiger partial charge on any atom is -0.324 e. The Morgan fingerprint density at radius 1 is 1.00 bits per heavy atom. The highest BCUT2D eigenvalue weighted by molar-refractivity contribution is 5.38. The van der Waals surface area contributed by atoms with E-state index in [2.05, 4.69) is 31.2 Å². The molecule has 0 fully saturated rings. The summed E-state index contributed by atoms with van der Waals surface area (Å²) in [5, 5.41) is 0. The summed E-state index contributed by atoms with van der Waals surface area (Å²) in [6, 6.07) is 11.4. The second-order valence-electron chi connectivity index (χ2n) is 5.25. The molecule has 0 spiro atoms. The van der Waals surface area contributed by atoms with Crippen molar-refractivity contribution in [1.29, 1.82) is 0 Å². The van der Waals surface area contributed by atoms with Crippen LogP contribution in [0.3, 0.4) is 0 Å². The van der Waals surface area contributed by atoms with Crippen LogP contribution >= 0.6 is 0 Å². The van der Waals surface area contributed by atoms with E-state index >= 15 is 0 Å². The number of nitrogens with two attached hydrogens (primary N) is 1. The van der Waals surface area contributed by atoms with Gasteiger partial charge in [-0.15, -0.1) is 0 Å². The topological polar surface area (TPSA) is 26.0 Å². The lowest BCUT2D eigenvalue weighted by atomic mass is 9.92. The molecule has 0 radical (unpaired) electrons. The lowest BCUT2D eigenvalue weighted by Crippen LogP contribution is -2.16. The van der Waals surface area contributed by atoms with Gasteiger partial charge in [-0.3, -0.25) is 0 Å². The number of aryl methyl sites for hydroxylation is 3. The van der Waals surface area contributed by atoms with Crippen molar-refractivity contribution in [3.63, 3.8) is 0 Å². The Morgan fingerprint density at radius 2 is 1.53 bits per heavy atom. The van der Waals surface area contributed by atoms with Crippen LogP contribution < -0.4 is 5.73 Å². The van der Waals surface area contributed by atoms with Crippen molar-refractivity contribution < 1.29 is 4.39 Å². The minimum absolute atomic E-state index is 0.0942. The first-order chi connectivity index (χ1) is 8.97. The highest BCUT2D eigenvalue weighted by Gasteiger charge is 2.13. The normalized spacial score (nSPS) is 12.5. The van der Waals surface area contributed by atoms with Crippen LogP contribution in [0.2, 0.25) is 0 Å². The summed E-state index contributed by atoms with van der Waals surface area (Å²) in [7, 11) is 0. The standard InChI is InChI=1S/C17H20FN/c1-11-4-6-14(7-5-11)10-16(19)17-12(2)8-15(18)9-13(17)3/h4-9,16H,10,19H2,1-3H3. The van der Waals surface area contributed by atoms with E-state index in [1.807, 2.05) is 13.8 Å². The number of hydrogen-bond acceptors (Lipinski definition) is 1. The van der Waals surface area contributed by atoms with Gasteiger partial charge in [0.1, 0.15) is 5.82 Å². The smallest absolute Gasteiger partial charge is 0.123 e. The summed E-state index contributed by atoms with van der Waals surface area (Å²) in [5.41, 5.74) is 11.7. The van der Waals surface area contributed by atoms with Crippen molar-refractivity contribution in [2.75, 3.05) is 0 Å². The van der Waals surface area contributed by atoms with E-state index in [1.54, 1.807) is 12.1 Å². The Bertz CT molecular complexity index is 549. The van der Waals surface area contributed by atoms with Crippen molar-refractivity contribution in [3.8, 4) is 0 Å². The predicted octanol–water partition coefficient (Wildman–Crippen LogP) is 3.99. The Morgan fingerprint density at radius 3 is 2.05 bits per heavy atom.